The minimum absolute atomic E-state index is 0.0434. The summed E-state index contributed by atoms with van der Waals surface area (Å²) in [6.07, 6.45) is 6.04. The van der Waals surface area contributed by atoms with Crippen LogP contribution in [0.25, 0.3) is 0 Å². The van der Waals surface area contributed by atoms with Crippen LogP contribution >= 0.6 is 0 Å². The summed E-state index contributed by atoms with van der Waals surface area (Å²) in [5, 5.41) is 8.91. The van der Waals surface area contributed by atoms with Crippen LogP contribution in [0.15, 0.2) is 6.20 Å². The van der Waals surface area contributed by atoms with E-state index in [1.807, 2.05) is 0 Å². The number of carbonyl (C=O) groups is 1. The summed E-state index contributed by atoms with van der Waals surface area (Å²) in [7, 11) is 0. The summed E-state index contributed by atoms with van der Waals surface area (Å²) in [5.41, 5.74) is 0.804. The molecule has 0 amide bonds. The summed E-state index contributed by atoms with van der Waals surface area (Å²) < 4.78 is 0. The number of hydrogen-bond donors (Lipinski definition) is 1. The van der Waals surface area contributed by atoms with Crippen LogP contribution in [0.1, 0.15) is 54.5 Å². The predicted octanol–water partition coefficient (Wildman–Crippen LogP) is 2.31. The van der Waals surface area contributed by atoms with Crippen molar-refractivity contribution < 1.29 is 9.90 Å². The molecular formula is C12H16N2O2. The molecule has 1 N–H and O–H groups in total. The average molecular weight is 220 g/mol. The van der Waals surface area contributed by atoms with E-state index < -0.39 is 5.97 Å². The van der Waals surface area contributed by atoms with Gasteiger partial charge in [-0.15, -0.1) is 0 Å². The van der Waals surface area contributed by atoms with Crippen molar-refractivity contribution in [2.45, 2.75) is 44.9 Å². The second-order valence-electron chi connectivity index (χ2n) is 4.77. The molecule has 0 saturated heterocycles. The molecule has 1 aromatic rings. The van der Waals surface area contributed by atoms with Gasteiger partial charge in [0, 0.05) is 11.6 Å². The molecule has 16 heavy (non-hydrogen) atoms. The quantitative estimate of drug-likeness (QED) is 0.830. The van der Waals surface area contributed by atoms with E-state index in [0.717, 1.165) is 18.7 Å². The largest absolute Gasteiger partial charge is 0.478 e. The van der Waals surface area contributed by atoms with Gasteiger partial charge in [0.2, 0.25) is 0 Å². The van der Waals surface area contributed by atoms with E-state index in [0.29, 0.717) is 5.69 Å². The number of aromatic nitrogens is 2. The van der Waals surface area contributed by atoms with Crippen molar-refractivity contribution in [3.05, 3.63) is 23.3 Å². The first-order chi connectivity index (χ1) is 7.53. The minimum Gasteiger partial charge on any atom is -0.478 e. The molecule has 1 heterocycles. The fourth-order valence-electron chi connectivity index (χ4n) is 2.35. The molecule has 0 unspecified atom stereocenters. The zero-order valence-electron chi connectivity index (χ0n) is 9.66. The molecule has 0 atom stereocenters. The van der Waals surface area contributed by atoms with Crippen molar-refractivity contribution in [2.75, 3.05) is 0 Å². The van der Waals surface area contributed by atoms with Gasteiger partial charge in [0.05, 0.1) is 11.3 Å². The first-order valence-electron chi connectivity index (χ1n) is 5.60. The fourth-order valence-corrected chi connectivity index (χ4v) is 2.35. The summed E-state index contributed by atoms with van der Waals surface area (Å²) in [6, 6.07) is 0. The van der Waals surface area contributed by atoms with Gasteiger partial charge in [-0.2, -0.15) is 0 Å². The summed E-state index contributed by atoms with van der Waals surface area (Å²) in [5.74, 6) is -0.159. The van der Waals surface area contributed by atoms with Gasteiger partial charge < -0.3 is 5.11 Å². The normalized spacial score (nSPS) is 18.6. The van der Waals surface area contributed by atoms with E-state index >= 15 is 0 Å². The van der Waals surface area contributed by atoms with Gasteiger partial charge in [-0.05, 0) is 19.8 Å². The van der Waals surface area contributed by atoms with Crippen LogP contribution < -0.4 is 0 Å². The highest BCUT2D eigenvalue weighted by molar-refractivity contribution is 5.88. The maximum absolute atomic E-state index is 10.9. The molecule has 4 heteroatoms. The molecule has 86 valence electrons. The van der Waals surface area contributed by atoms with Crippen LogP contribution in [0.4, 0.5) is 0 Å². The van der Waals surface area contributed by atoms with Crippen LogP contribution in [-0.2, 0) is 5.41 Å². The number of aromatic carboxylic acids is 1. The Morgan fingerprint density at radius 2 is 2.06 bits per heavy atom. The summed E-state index contributed by atoms with van der Waals surface area (Å²) >= 11 is 0. The molecule has 0 radical (unpaired) electrons. The second kappa shape index (κ2) is 3.85. The minimum atomic E-state index is -0.958. The van der Waals surface area contributed by atoms with Gasteiger partial charge in [-0.25, -0.2) is 14.8 Å². The van der Waals surface area contributed by atoms with E-state index in [-0.39, 0.29) is 11.0 Å². The third-order valence-electron chi connectivity index (χ3n) is 3.46. The van der Waals surface area contributed by atoms with E-state index in [4.69, 9.17) is 5.11 Å². The van der Waals surface area contributed by atoms with Crippen molar-refractivity contribution in [2.24, 2.45) is 0 Å². The van der Waals surface area contributed by atoms with Crippen LogP contribution in [-0.4, -0.2) is 21.0 Å². The number of rotatable bonds is 2. The fraction of sp³-hybridized carbons (Fsp3) is 0.583. The van der Waals surface area contributed by atoms with Gasteiger partial charge in [-0.1, -0.05) is 19.8 Å². The summed E-state index contributed by atoms with van der Waals surface area (Å²) in [6.45, 7) is 3.89. The molecule has 0 aliphatic heterocycles. The maximum atomic E-state index is 10.9. The second-order valence-corrected chi connectivity index (χ2v) is 4.77. The lowest BCUT2D eigenvalue weighted by atomic mass is 9.88. The van der Waals surface area contributed by atoms with Crippen LogP contribution in [0.2, 0.25) is 0 Å². The number of nitrogens with zero attached hydrogens (tertiary/aromatic N) is 2. The predicted molar refractivity (Wildman–Crippen MR) is 59.5 cm³/mol. The molecule has 1 saturated carbocycles. The Bertz CT molecular complexity index is 423. The van der Waals surface area contributed by atoms with Crippen molar-refractivity contribution in [3.63, 3.8) is 0 Å². The number of carboxylic acid groups (broad SMARTS) is 1. The Morgan fingerprint density at radius 3 is 2.56 bits per heavy atom. The standard InChI is InChI=1S/C12H16N2O2/c1-8-9(10(15)16)7-13-11(14-8)12(2)5-3-4-6-12/h7H,3-6H2,1-2H3,(H,15,16). The molecule has 4 nitrogen and oxygen atoms in total. The third-order valence-corrected chi connectivity index (χ3v) is 3.46. The summed E-state index contributed by atoms with van der Waals surface area (Å²) in [4.78, 5) is 19.4. The third kappa shape index (κ3) is 1.79. The molecule has 1 aliphatic carbocycles. The van der Waals surface area contributed by atoms with E-state index in [1.54, 1.807) is 6.92 Å². The van der Waals surface area contributed by atoms with Gasteiger partial charge in [-0.3, -0.25) is 0 Å². The van der Waals surface area contributed by atoms with Crippen LogP contribution in [0, 0.1) is 6.92 Å². The van der Waals surface area contributed by atoms with E-state index in [9.17, 15) is 4.79 Å². The lowest BCUT2D eigenvalue weighted by Crippen LogP contribution is -2.22. The zero-order valence-corrected chi connectivity index (χ0v) is 9.66. The van der Waals surface area contributed by atoms with Crippen molar-refractivity contribution in [1.29, 1.82) is 0 Å². The van der Waals surface area contributed by atoms with Gasteiger partial charge in [0.15, 0.2) is 0 Å². The molecule has 1 fully saturated rings. The van der Waals surface area contributed by atoms with Crippen molar-refractivity contribution >= 4 is 5.97 Å². The number of carboxylic acids is 1. The molecule has 0 spiro atoms. The Balaban J connectivity index is 2.37. The monoisotopic (exact) mass is 220 g/mol. The van der Waals surface area contributed by atoms with E-state index in [2.05, 4.69) is 16.9 Å². The molecular weight excluding hydrogens is 204 g/mol. The molecule has 0 bridgehead atoms. The van der Waals surface area contributed by atoms with Crippen LogP contribution in [0.3, 0.4) is 0 Å². The Hall–Kier alpha value is -1.45. The van der Waals surface area contributed by atoms with E-state index in [1.165, 1.54) is 19.0 Å². The Morgan fingerprint density at radius 1 is 1.44 bits per heavy atom. The first kappa shape index (κ1) is 11.0. The zero-order chi connectivity index (χ0) is 11.8. The lowest BCUT2D eigenvalue weighted by Gasteiger charge is -2.21. The maximum Gasteiger partial charge on any atom is 0.339 e. The number of aryl methyl sites for hydroxylation is 1. The Labute approximate surface area is 94.7 Å². The van der Waals surface area contributed by atoms with Gasteiger partial charge in [0.25, 0.3) is 0 Å². The average Bonchev–Trinajstić information content (AvgIpc) is 2.66. The highest BCUT2D eigenvalue weighted by Crippen LogP contribution is 2.38. The first-order valence-corrected chi connectivity index (χ1v) is 5.60. The van der Waals surface area contributed by atoms with Crippen LogP contribution in [0.5, 0.6) is 0 Å². The van der Waals surface area contributed by atoms with Crippen molar-refractivity contribution in [3.8, 4) is 0 Å². The van der Waals surface area contributed by atoms with Gasteiger partial charge in [0.1, 0.15) is 5.82 Å². The Kier molecular flexibility index (Phi) is 2.66. The SMILES string of the molecule is Cc1nc(C2(C)CCCC2)ncc1C(=O)O. The lowest BCUT2D eigenvalue weighted by molar-refractivity contribution is 0.0695. The molecule has 2 rings (SSSR count). The smallest absolute Gasteiger partial charge is 0.339 e. The molecule has 1 aliphatic rings. The van der Waals surface area contributed by atoms with Crippen molar-refractivity contribution in [1.82, 2.24) is 9.97 Å². The molecule has 1 aromatic heterocycles. The van der Waals surface area contributed by atoms with Gasteiger partial charge >= 0.3 is 5.97 Å². The highest BCUT2D eigenvalue weighted by atomic mass is 16.4. The highest BCUT2D eigenvalue weighted by Gasteiger charge is 2.33. The number of hydrogen-bond acceptors (Lipinski definition) is 3. The molecule has 0 aromatic carbocycles. The topological polar surface area (TPSA) is 63.1 Å².